The van der Waals surface area contributed by atoms with Gasteiger partial charge in [-0.1, -0.05) is 77.8 Å². The van der Waals surface area contributed by atoms with Gasteiger partial charge in [-0.05, 0) is 60.7 Å². The molecule has 0 bridgehead atoms. The van der Waals surface area contributed by atoms with Crippen LogP contribution in [0, 0.1) is 13.8 Å². The number of likely N-dealkylation sites (N-methyl/N-ethyl adjacent to an activating group) is 1. The first-order chi connectivity index (χ1) is 16.3. The van der Waals surface area contributed by atoms with Gasteiger partial charge in [-0.15, -0.1) is 0 Å². The second-order valence-corrected chi connectivity index (χ2v) is 9.28. The SMILES string of the molecule is CCNC(=O)C(Cc1ccccc1)N(Cc1ccc(Cl)c(Cl)c1)C(=O)Cc1ccc(C)c(C)c1. The van der Waals surface area contributed by atoms with Gasteiger partial charge in [-0.2, -0.15) is 0 Å². The monoisotopic (exact) mass is 496 g/mol. The average Bonchev–Trinajstić information content (AvgIpc) is 2.81. The quantitative estimate of drug-likeness (QED) is 0.399. The smallest absolute Gasteiger partial charge is 0.243 e. The van der Waals surface area contributed by atoms with Gasteiger partial charge in [-0.25, -0.2) is 0 Å². The molecule has 6 heteroatoms. The van der Waals surface area contributed by atoms with Gasteiger partial charge < -0.3 is 10.2 Å². The first kappa shape index (κ1) is 25.8. The molecular weight excluding hydrogens is 467 g/mol. The Labute approximate surface area is 211 Å². The number of nitrogens with one attached hydrogen (secondary N) is 1. The molecule has 0 fully saturated rings. The van der Waals surface area contributed by atoms with Gasteiger partial charge in [0.05, 0.1) is 16.5 Å². The number of hydrogen-bond acceptors (Lipinski definition) is 2. The van der Waals surface area contributed by atoms with Crippen molar-refractivity contribution in [3.8, 4) is 0 Å². The van der Waals surface area contributed by atoms with E-state index in [1.807, 2.05) is 75.4 Å². The summed E-state index contributed by atoms with van der Waals surface area (Å²) in [7, 11) is 0. The molecule has 0 aliphatic heterocycles. The molecule has 3 rings (SSSR count). The van der Waals surface area contributed by atoms with Gasteiger partial charge in [0.25, 0.3) is 0 Å². The molecule has 1 atom stereocenters. The van der Waals surface area contributed by atoms with E-state index < -0.39 is 6.04 Å². The zero-order chi connectivity index (χ0) is 24.7. The summed E-state index contributed by atoms with van der Waals surface area (Å²) in [6, 6.07) is 20.4. The van der Waals surface area contributed by atoms with E-state index in [9.17, 15) is 9.59 Å². The fraction of sp³-hybridized carbons (Fsp3) is 0.286. The van der Waals surface area contributed by atoms with Gasteiger partial charge in [0.2, 0.25) is 11.8 Å². The normalized spacial score (nSPS) is 11.7. The number of hydrogen-bond donors (Lipinski definition) is 1. The lowest BCUT2D eigenvalue weighted by Gasteiger charge is -2.31. The minimum absolute atomic E-state index is 0.124. The van der Waals surface area contributed by atoms with Crippen molar-refractivity contribution in [3.05, 3.63) is 105 Å². The maximum absolute atomic E-state index is 13.7. The molecule has 0 heterocycles. The molecule has 1 unspecified atom stereocenters. The van der Waals surface area contributed by atoms with Crippen molar-refractivity contribution in [2.24, 2.45) is 0 Å². The van der Waals surface area contributed by atoms with E-state index in [0.717, 1.165) is 22.3 Å². The van der Waals surface area contributed by atoms with Crippen LogP contribution in [0.5, 0.6) is 0 Å². The van der Waals surface area contributed by atoms with Crippen LogP contribution >= 0.6 is 23.2 Å². The predicted molar refractivity (Wildman–Crippen MR) is 139 cm³/mol. The number of halogens is 2. The highest BCUT2D eigenvalue weighted by molar-refractivity contribution is 6.42. The number of amides is 2. The molecule has 1 N–H and O–H groups in total. The Morgan fingerprint density at radius 1 is 0.853 bits per heavy atom. The first-order valence-corrected chi connectivity index (χ1v) is 12.1. The lowest BCUT2D eigenvalue weighted by Crippen LogP contribution is -2.50. The third-order valence-electron chi connectivity index (χ3n) is 5.89. The number of rotatable bonds is 9. The van der Waals surface area contributed by atoms with E-state index in [1.54, 1.807) is 17.0 Å². The number of carbonyl (C=O) groups is 2. The van der Waals surface area contributed by atoms with Crippen LogP contribution in [0.15, 0.2) is 66.7 Å². The van der Waals surface area contributed by atoms with Crippen molar-refractivity contribution in [1.29, 1.82) is 0 Å². The Balaban J connectivity index is 1.98. The lowest BCUT2D eigenvalue weighted by atomic mass is 10.00. The summed E-state index contributed by atoms with van der Waals surface area (Å²) in [5, 5.41) is 3.77. The Morgan fingerprint density at radius 2 is 1.56 bits per heavy atom. The van der Waals surface area contributed by atoms with Crippen molar-refractivity contribution in [2.75, 3.05) is 6.54 Å². The summed E-state index contributed by atoms with van der Waals surface area (Å²) in [4.78, 5) is 28.6. The zero-order valence-corrected chi connectivity index (χ0v) is 21.3. The Kier molecular flexibility index (Phi) is 9.14. The molecule has 0 saturated heterocycles. The summed E-state index contributed by atoms with van der Waals surface area (Å²) >= 11 is 12.3. The van der Waals surface area contributed by atoms with Crippen molar-refractivity contribution < 1.29 is 9.59 Å². The summed E-state index contributed by atoms with van der Waals surface area (Å²) in [6.45, 7) is 6.68. The number of aryl methyl sites for hydroxylation is 2. The highest BCUT2D eigenvalue weighted by Crippen LogP contribution is 2.25. The third kappa shape index (κ3) is 6.85. The Bertz CT molecular complexity index is 1150. The van der Waals surface area contributed by atoms with E-state index in [4.69, 9.17) is 23.2 Å². The number of benzene rings is 3. The molecule has 0 saturated carbocycles. The molecule has 0 spiro atoms. The second kappa shape index (κ2) is 12.0. The van der Waals surface area contributed by atoms with Crippen molar-refractivity contribution in [2.45, 2.75) is 46.2 Å². The van der Waals surface area contributed by atoms with Crippen LogP contribution in [0.3, 0.4) is 0 Å². The van der Waals surface area contributed by atoms with E-state index in [-0.39, 0.29) is 24.8 Å². The minimum Gasteiger partial charge on any atom is -0.355 e. The number of carbonyl (C=O) groups excluding carboxylic acids is 2. The first-order valence-electron chi connectivity index (χ1n) is 11.4. The van der Waals surface area contributed by atoms with Gasteiger partial charge in [0.15, 0.2) is 0 Å². The van der Waals surface area contributed by atoms with Crippen molar-refractivity contribution in [3.63, 3.8) is 0 Å². The highest BCUT2D eigenvalue weighted by Gasteiger charge is 2.30. The largest absolute Gasteiger partial charge is 0.355 e. The lowest BCUT2D eigenvalue weighted by molar-refractivity contribution is -0.140. The average molecular weight is 497 g/mol. The van der Waals surface area contributed by atoms with Gasteiger partial charge in [-0.3, -0.25) is 9.59 Å². The molecule has 34 heavy (non-hydrogen) atoms. The standard InChI is InChI=1S/C28H30Cl2N2O2/c1-4-31-28(34)26(16-21-8-6-5-7-9-21)32(18-23-12-13-24(29)25(30)15-23)27(33)17-22-11-10-19(2)20(3)14-22/h5-15,26H,4,16-18H2,1-3H3,(H,31,34). The fourth-order valence-electron chi connectivity index (χ4n) is 3.87. The molecule has 3 aromatic carbocycles. The molecule has 2 amide bonds. The molecule has 178 valence electrons. The topological polar surface area (TPSA) is 49.4 Å². The molecule has 4 nitrogen and oxygen atoms in total. The maximum atomic E-state index is 13.7. The molecule has 3 aromatic rings. The van der Waals surface area contributed by atoms with Crippen LogP contribution in [-0.4, -0.2) is 29.3 Å². The van der Waals surface area contributed by atoms with Gasteiger partial charge in [0.1, 0.15) is 6.04 Å². The van der Waals surface area contributed by atoms with E-state index >= 15 is 0 Å². The van der Waals surface area contributed by atoms with Crippen molar-refractivity contribution in [1.82, 2.24) is 10.2 Å². The van der Waals surface area contributed by atoms with Gasteiger partial charge >= 0.3 is 0 Å². The summed E-state index contributed by atoms with van der Waals surface area (Å²) in [5.74, 6) is -0.304. The molecule has 0 aromatic heterocycles. The van der Waals surface area contributed by atoms with E-state index in [1.165, 1.54) is 5.56 Å². The molecular formula is C28H30Cl2N2O2. The molecule has 0 aliphatic carbocycles. The summed E-state index contributed by atoms with van der Waals surface area (Å²) in [5.41, 5.74) is 5.02. The highest BCUT2D eigenvalue weighted by atomic mass is 35.5. The van der Waals surface area contributed by atoms with Crippen molar-refractivity contribution >= 4 is 35.0 Å². The Hall–Kier alpha value is -2.82. The number of nitrogens with zero attached hydrogens (tertiary/aromatic N) is 1. The molecule has 0 aliphatic rings. The second-order valence-electron chi connectivity index (χ2n) is 8.47. The van der Waals surface area contributed by atoms with Crippen LogP contribution in [0.4, 0.5) is 0 Å². The predicted octanol–water partition coefficient (Wildman–Crippen LogP) is 5.93. The van der Waals surface area contributed by atoms with E-state index in [0.29, 0.717) is 23.0 Å². The van der Waals surface area contributed by atoms with Crippen LogP contribution < -0.4 is 5.32 Å². The van der Waals surface area contributed by atoms with Crippen LogP contribution in [0.25, 0.3) is 0 Å². The van der Waals surface area contributed by atoms with Gasteiger partial charge in [0, 0.05) is 19.5 Å². The van der Waals surface area contributed by atoms with Crippen LogP contribution in [-0.2, 0) is 29.0 Å². The minimum atomic E-state index is -0.671. The summed E-state index contributed by atoms with van der Waals surface area (Å²) < 4.78 is 0. The summed E-state index contributed by atoms with van der Waals surface area (Å²) in [6.07, 6.45) is 0.611. The Morgan fingerprint density at radius 3 is 2.21 bits per heavy atom. The van der Waals surface area contributed by atoms with Crippen LogP contribution in [0.2, 0.25) is 10.0 Å². The van der Waals surface area contributed by atoms with E-state index in [2.05, 4.69) is 5.32 Å². The third-order valence-corrected chi connectivity index (χ3v) is 6.62. The maximum Gasteiger partial charge on any atom is 0.243 e. The zero-order valence-electron chi connectivity index (χ0n) is 19.8. The molecule has 0 radical (unpaired) electrons. The fourth-order valence-corrected chi connectivity index (χ4v) is 4.19. The van der Waals surface area contributed by atoms with Crippen LogP contribution in [0.1, 0.15) is 34.7 Å².